The highest BCUT2D eigenvalue weighted by molar-refractivity contribution is 6.01. The predicted octanol–water partition coefficient (Wildman–Crippen LogP) is 4.80. The molecular weight excluding hydrogens is 394 g/mol. The van der Waals surface area contributed by atoms with Crippen LogP contribution >= 0.6 is 0 Å². The van der Waals surface area contributed by atoms with Gasteiger partial charge in [-0.15, -0.1) is 0 Å². The molecule has 7 heteroatoms. The van der Waals surface area contributed by atoms with Crippen LogP contribution in [-0.2, 0) is 4.79 Å². The highest BCUT2D eigenvalue weighted by Crippen LogP contribution is 2.23. The Morgan fingerprint density at radius 2 is 1.58 bits per heavy atom. The number of nitrogens with zero attached hydrogens (tertiary/aromatic N) is 2. The Morgan fingerprint density at radius 3 is 2.23 bits per heavy atom. The fraction of sp³-hybridized carbons (Fsp3) is 0.250. The Bertz CT molecular complexity index is 1070. The number of anilines is 1. The predicted molar refractivity (Wildman–Crippen MR) is 118 cm³/mol. The molecule has 0 aliphatic rings. The lowest BCUT2D eigenvalue weighted by atomic mass is 10.0. The number of carbonyl (C=O) groups excluding carboxylic acids is 2. The number of aryl methyl sites for hydroxylation is 3. The molecule has 3 rings (SSSR count). The summed E-state index contributed by atoms with van der Waals surface area (Å²) in [5, 5.41) is 2.79. The molecule has 0 spiro atoms. The molecule has 2 aromatic carbocycles. The number of ketones is 1. The van der Waals surface area contributed by atoms with Crippen molar-refractivity contribution >= 4 is 17.4 Å². The molecule has 160 valence electrons. The highest BCUT2D eigenvalue weighted by Gasteiger charge is 2.14. The van der Waals surface area contributed by atoms with E-state index < -0.39 is 0 Å². The Labute approximate surface area is 181 Å². The van der Waals surface area contributed by atoms with Crippen molar-refractivity contribution in [3.63, 3.8) is 0 Å². The van der Waals surface area contributed by atoms with Crippen molar-refractivity contribution in [3.05, 3.63) is 71.0 Å². The Hall–Kier alpha value is -3.74. The third kappa shape index (κ3) is 6.12. The lowest BCUT2D eigenvalue weighted by Gasteiger charge is -2.09. The fourth-order valence-electron chi connectivity index (χ4n) is 3.08. The molecule has 0 aliphatic carbocycles. The van der Waals surface area contributed by atoms with Gasteiger partial charge < -0.3 is 14.8 Å². The number of rotatable bonds is 8. The van der Waals surface area contributed by atoms with E-state index in [4.69, 9.17) is 9.47 Å². The average molecular weight is 419 g/mol. The first-order valence-electron chi connectivity index (χ1n) is 9.92. The monoisotopic (exact) mass is 419 g/mol. The lowest BCUT2D eigenvalue weighted by Crippen LogP contribution is -2.14. The van der Waals surface area contributed by atoms with Crippen LogP contribution in [0.15, 0.2) is 48.5 Å². The van der Waals surface area contributed by atoms with Gasteiger partial charge in [0.05, 0.1) is 12.7 Å². The molecule has 0 aliphatic heterocycles. The summed E-state index contributed by atoms with van der Waals surface area (Å²) in [6, 6.07) is 14.4. The number of amides is 1. The number of hydrogen-bond donors (Lipinski definition) is 1. The number of nitrogens with one attached hydrogen (secondary N) is 1. The van der Waals surface area contributed by atoms with Crippen LogP contribution in [0.25, 0.3) is 0 Å². The van der Waals surface area contributed by atoms with Gasteiger partial charge in [0.1, 0.15) is 11.5 Å². The fourth-order valence-corrected chi connectivity index (χ4v) is 3.08. The molecule has 7 nitrogen and oxygen atoms in total. The van der Waals surface area contributed by atoms with Crippen molar-refractivity contribution < 1.29 is 19.1 Å². The first kappa shape index (κ1) is 22.0. The van der Waals surface area contributed by atoms with Crippen molar-refractivity contribution in [2.75, 3.05) is 12.4 Å². The topological polar surface area (TPSA) is 90.4 Å². The molecule has 1 heterocycles. The summed E-state index contributed by atoms with van der Waals surface area (Å²) in [7, 11) is 1.52. The molecule has 0 fully saturated rings. The van der Waals surface area contributed by atoms with Crippen molar-refractivity contribution in [2.45, 2.75) is 33.6 Å². The van der Waals surface area contributed by atoms with Gasteiger partial charge >= 0.3 is 6.01 Å². The van der Waals surface area contributed by atoms with E-state index in [1.807, 2.05) is 32.9 Å². The smallest absolute Gasteiger partial charge is 0.322 e. The van der Waals surface area contributed by atoms with E-state index >= 15 is 0 Å². The molecular formula is C24H25N3O4. The normalized spacial score (nSPS) is 10.5. The van der Waals surface area contributed by atoms with Gasteiger partial charge in [-0.3, -0.25) is 9.59 Å². The second-order valence-corrected chi connectivity index (χ2v) is 7.23. The van der Waals surface area contributed by atoms with E-state index in [0.29, 0.717) is 22.7 Å². The van der Waals surface area contributed by atoms with Gasteiger partial charge in [-0.25, -0.2) is 9.97 Å². The van der Waals surface area contributed by atoms with Gasteiger partial charge in [0, 0.05) is 29.9 Å². The van der Waals surface area contributed by atoms with E-state index in [1.165, 1.54) is 7.11 Å². The summed E-state index contributed by atoms with van der Waals surface area (Å²) in [6.07, 6.45) is 0.168. The molecule has 3 aromatic rings. The number of methoxy groups -OCH3 is 1. The largest absolute Gasteiger partial charge is 0.496 e. The number of ether oxygens (including phenoxy) is 2. The van der Waals surface area contributed by atoms with Crippen molar-refractivity contribution in [1.29, 1.82) is 0 Å². The summed E-state index contributed by atoms with van der Waals surface area (Å²) < 4.78 is 10.9. The molecule has 1 N–H and O–H groups in total. The summed E-state index contributed by atoms with van der Waals surface area (Å²) in [5.74, 6) is 0.697. The molecule has 1 amide bonds. The first-order chi connectivity index (χ1) is 14.8. The van der Waals surface area contributed by atoms with Gasteiger partial charge in [0.25, 0.3) is 0 Å². The minimum absolute atomic E-state index is 0.0740. The summed E-state index contributed by atoms with van der Waals surface area (Å²) in [5.41, 5.74) is 3.71. The van der Waals surface area contributed by atoms with Crippen LogP contribution in [0.1, 0.15) is 40.2 Å². The Morgan fingerprint density at radius 1 is 0.903 bits per heavy atom. The Balaban J connectivity index is 1.55. The standard InChI is InChI=1S/C24H25N3O4/c1-15-5-11-22(30-4)20(13-15)21(28)10-12-23(29)27-18-6-8-19(9-7-18)31-24-25-16(2)14-17(3)26-24/h5-9,11,13-14H,10,12H2,1-4H3,(H,27,29). The summed E-state index contributed by atoms with van der Waals surface area (Å²) in [4.78, 5) is 33.3. The third-order valence-corrected chi connectivity index (χ3v) is 4.54. The molecule has 0 radical (unpaired) electrons. The maximum atomic E-state index is 12.5. The average Bonchev–Trinajstić information content (AvgIpc) is 2.72. The van der Waals surface area contributed by atoms with Gasteiger partial charge in [0.15, 0.2) is 5.78 Å². The van der Waals surface area contributed by atoms with E-state index in [9.17, 15) is 9.59 Å². The van der Waals surface area contributed by atoms with Gasteiger partial charge in [-0.2, -0.15) is 0 Å². The molecule has 0 unspecified atom stereocenters. The zero-order valence-electron chi connectivity index (χ0n) is 18.1. The molecule has 1 aromatic heterocycles. The van der Waals surface area contributed by atoms with Crippen LogP contribution in [0.2, 0.25) is 0 Å². The highest BCUT2D eigenvalue weighted by atomic mass is 16.5. The van der Waals surface area contributed by atoms with Crippen LogP contribution in [0.4, 0.5) is 5.69 Å². The van der Waals surface area contributed by atoms with Crippen molar-refractivity contribution in [1.82, 2.24) is 9.97 Å². The van der Waals surface area contributed by atoms with Gasteiger partial charge in [-0.1, -0.05) is 11.6 Å². The maximum absolute atomic E-state index is 12.5. The molecule has 0 atom stereocenters. The first-order valence-corrected chi connectivity index (χ1v) is 9.92. The number of Topliss-reactive ketones (excluding diaryl/α,β-unsaturated/α-hetero) is 1. The third-order valence-electron chi connectivity index (χ3n) is 4.54. The minimum atomic E-state index is -0.244. The second kappa shape index (κ2) is 9.84. The lowest BCUT2D eigenvalue weighted by molar-refractivity contribution is -0.116. The molecule has 31 heavy (non-hydrogen) atoms. The molecule has 0 saturated heterocycles. The van der Waals surface area contributed by atoms with Crippen LogP contribution in [0.5, 0.6) is 17.5 Å². The summed E-state index contributed by atoms with van der Waals surface area (Å²) >= 11 is 0. The summed E-state index contributed by atoms with van der Waals surface area (Å²) in [6.45, 7) is 5.66. The second-order valence-electron chi connectivity index (χ2n) is 7.23. The molecule has 0 saturated carbocycles. The van der Waals surface area contributed by atoms with E-state index in [-0.39, 0.29) is 30.5 Å². The van der Waals surface area contributed by atoms with Crippen LogP contribution in [-0.4, -0.2) is 28.8 Å². The SMILES string of the molecule is COc1ccc(C)cc1C(=O)CCC(=O)Nc1ccc(Oc2nc(C)cc(C)n2)cc1. The number of hydrogen-bond acceptors (Lipinski definition) is 6. The molecule has 0 bridgehead atoms. The van der Waals surface area contributed by atoms with Crippen molar-refractivity contribution in [3.8, 4) is 17.5 Å². The maximum Gasteiger partial charge on any atom is 0.322 e. The van der Waals surface area contributed by atoms with Crippen LogP contribution < -0.4 is 14.8 Å². The van der Waals surface area contributed by atoms with Gasteiger partial charge in [0.2, 0.25) is 5.91 Å². The zero-order valence-corrected chi connectivity index (χ0v) is 18.1. The number of carbonyl (C=O) groups is 2. The quantitative estimate of drug-likeness (QED) is 0.527. The van der Waals surface area contributed by atoms with Crippen molar-refractivity contribution in [2.24, 2.45) is 0 Å². The minimum Gasteiger partial charge on any atom is -0.496 e. The van der Waals surface area contributed by atoms with Gasteiger partial charge in [-0.05, 0) is 63.2 Å². The van der Waals surface area contributed by atoms with E-state index in [1.54, 1.807) is 36.4 Å². The van der Waals surface area contributed by atoms with Crippen LogP contribution in [0, 0.1) is 20.8 Å². The number of benzene rings is 2. The number of aromatic nitrogens is 2. The Kier molecular flexibility index (Phi) is 6.97. The van der Waals surface area contributed by atoms with Crippen LogP contribution in [0.3, 0.4) is 0 Å². The zero-order chi connectivity index (χ0) is 22.4. The van der Waals surface area contributed by atoms with E-state index in [2.05, 4.69) is 15.3 Å². The van der Waals surface area contributed by atoms with E-state index in [0.717, 1.165) is 17.0 Å².